The van der Waals surface area contributed by atoms with Crippen LogP contribution in [-0.2, 0) is 0 Å². The van der Waals surface area contributed by atoms with Crippen LogP contribution in [0.3, 0.4) is 0 Å². The van der Waals surface area contributed by atoms with Gasteiger partial charge in [0.25, 0.3) is 0 Å². The fraction of sp³-hybridized carbons (Fsp3) is 0.357. The average molecular weight is 267 g/mol. The molecule has 0 N–H and O–H groups in total. The third-order valence-corrected chi connectivity index (χ3v) is 2.89. The van der Waals surface area contributed by atoms with Gasteiger partial charge >= 0.3 is 0 Å². The van der Waals surface area contributed by atoms with Gasteiger partial charge in [-0.25, -0.2) is 0 Å². The predicted molar refractivity (Wildman–Crippen MR) is 70.6 cm³/mol. The van der Waals surface area contributed by atoms with E-state index in [1.54, 1.807) is 12.1 Å². The van der Waals surface area contributed by atoms with Gasteiger partial charge in [-0.3, -0.25) is 4.79 Å². The number of ether oxygens (including phenoxy) is 2. The lowest BCUT2D eigenvalue weighted by atomic mass is 10.1. The maximum atomic E-state index is 12.2. The Balaban J connectivity index is 2.31. The van der Waals surface area contributed by atoms with Crippen LogP contribution < -0.4 is 9.47 Å². The van der Waals surface area contributed by atoms with E-state index in [4.69, 9.17) is 21.1 Å². The zero-order valence-corrected chi connectivity index (χ0v) is 11.2. The molecule has 0 spiro atoms. The molecule has 0 aliphatic carbocycles. The van der Waals surface area contributed by atoms with E-state index in [2.05, 4.69) is 0 Å². The second-order valence-electron chi connectivity index (χ2n) is 4.28. The van der Waals surface area contributed by atoms with E-state index in [0.717, 1.165) is 12.0 Å². The van der Waals surface area contributed by atoms with Crippen molar-refractivity contribution in [3.8, 4) is 11.5 Å². The van der Waals surface area contributed by atoms with E-state index < -0.39 is 0 Å². The first kappa shape index (κ1) is 13.0. The van der Waals surface area contributed by atoms with E-state index in [-0.39, 0.29) is 5.78 Å². The van der Waals surface area contributed by atoms with Crippen molar-refractivity contribution in [2.75, 3.05) is 12.5 Å². The van der Waals surface area contributed by atoms with Crippen molar-refractivity contribution in [2.45, 2.75) is 20.3 Å². The van der Waals surface area contributed by atoms with Crippen molar-refractivity contribution >= 4 is 17.4 Å². The first-order valence-electron chi connectivity index (χ1n) is 5.87. The second kappa shape index (κ2) is 5.44. The van der Waals surface area contributed by atoms with Crippen molar-refractivity contribution in [2.24, 2.45) is 0 Å². The average Bonchev–Trinajstić information content (AvgIpc) is 2.68. The highest BCUT2D eigenvalue weighted by Crippen LogP contribution is 2.38. The molecule has 1 aromatic rings. The number of hydrogen-bond acceptors (Lipinski definition) is 3. The SMILES string of the molecule is CC(C)=C1Oc2cccc(OCCCCl)c2C1=O. The highest BCUT2D eigenvalue weighted by atomic mass is 35.5. The van der Waals surface area contributed by atoms with E-state index in [0.29, 0.717) is 35.3 Å². The molecule has 1 heterocycles. The number of rotatable bonds is 4. The summed E-state index contributed by atoms with van der Waals surface area (Å²) in [4.78, 5) is 12.2. The van der Waals surface area contributed by atoms with Crippen LogP contribution in [0.2, 0.25) is 0 Å². The Morgan fingerprint density at radius 2 is 2.17 bits per heavy atom. The van der Waals surface area contributed by atoms with Gasteiger partial charge < -0.3 is 9.47 Å². The van der Waals surface area contributed by atoms with Crippen molar-refractivity contribution in [1.29, 1.82) is 0 Å². The van der Waals surface area contributed by atoms with Gasteiger partial charge in [-0.1, -0.05) is 6.07 Å². The van der Waals surface area contributed by atoms with Crippen LogP contribution in [0.25, 0.3) is 0 Å². The topological polar surface area (TPSA) is 35.5 Å². The van der Waals surface area contributed by atoms with Crippen molar-refractivity contribution in [3.63, 3.8) is 0 Å². The first-order valence-corrected chi connectivity index (χ1v) is 6.40. The van der Waals surface area contributed by atoms with E-state index in [1.165, 1.54) is 0 Å². The normalized spacial score (nSPS) is 13.3. The minimum Gasteiger partial charge on any atom is -0.493 e. The highest BCUT2D eigenvalue weighted by molar-refractivity contribution is 6.17. The van der Waals surface area contributed by atoms with Gasteiger partial charge in [0.05, 0.1) is 6.61 Å². The molecule has 0 fully saturated rings. The van der Waals surface area contributed by atoms with Crippen LogP contribution in [0.5, 0.6) is 11.5 Å². The molecule has 0 radical (unpaired) electrons. The molecule has 0 saturated carbocycles. The number of fused-ring (bicyclic) bond motifs is 1. The zero-order chi connectivity index (χ0) is 13.1. The van der Waals surface area contributed by atoms with Crippen LogP contribution in [0.15, 0.2) is 29.5 Å². The molecule has 0 unspecified atom stereocenters. The summed E-state index contributed by atoms with van der Waals surface area (Å²) in [6.07, 6.45) is 0.746. The number of carbonyl (C=O) groups is 1. The minimum atomic E-state index is -0.105. The summed E-state index contributed by atoms with van der Waals surface area (Å²) in [5.74, 6) is 1.97. The Labute approximate surface area is 111 Å². The number of Topliss-reactive ketones (excluding diaryl/α,β-unsaturated/α-hetero) is 1. The number of benzene rings is 1. The maximum absolute atomic E-state index is 12.2. The van der Waals surface area contributed by atoms with E-state index in [1.807, 2.05) is 19.9 Å². The van der Waals surface area contributed by atoms with Gasteiger partial charge in [0, 0.05) is 5.88 Å². The number of hydrogen-bond donors (Lipinski definition) is 0. The zero-order valence-electron chi connectivity index (χ0n) is 10.5. The molecular weight excluding hydrogens is 252 g/mol. The van der Waals surface area contributed by atoms with E-state index >= 15 is 0 Å². The van der Waals surface area contributed by atoms with Gasteiger partial charge in [0.1, 0.15) is 17.1 Å². The third-order valence-electron chi connectivity index (χ3n) is 2.62. The van der Waals surface area contributed by atoms with Crippen molar-refractivity contribution in [3.05, 3.63) is 35.1 Å². The Morgan fingerprint density at radius 3 is 2.83 bits per heavy atom. The van der Waals surface area contributed by atoms with Gasteiger partial charge in [0.15, 0.2) is 5.76 Å². The standard InChI is InChI=1S/C14H15ClO3/c1-9(2)14-13(16)12-10(17-8-4-7-15)5-3-6-11(12)18-14/h3,5-6H,4,7-8H2,1-2H3. The van der Waals surface area contributed by atoms with Gasteiger partial charge in [0.2, 0.25) is 5.78 Å². The molecule has 0 atom stereocenters. The summed E-state index contributed by atoms with van der Waals surface area (Å²) in [5.41, 5.74) is 1.38. The summed E-state index contributed by atoms with van der Waals surface area (Å²) in [6, 6.07) is 5.37. The lowest BCUT2D eigenvalue weighted by molar-refractivity contribution is 0.101. The third kappa shape index (κ3) is 2.36. The Kier molecular flexibility index (Phi) is 3.92. The van der Waals surface area contributed by atoms with E-state index in [9.17, 15) is 4.79 Å². The first-order chi connectivity index (χ1) is 8.65. The molecule has 1 aliphatic heterocycles. The predicted octanol–water partition coefficient (Wildman–Crippen LogP) is 3.56. The molecule has 2 rings (SSSR count). The molecule has 4 heteroatoms. The molecule has 1 aliphatic rings. The summed E-state index contributed by atoms with van der Waals surface area (Å²) in [7, 11) is 0. The summed E-state index contributed by atoms with van der Waals surface area (Å²) >= 11 is 5.60. The molecule has 3 nitrogen and oxygen atoms in total. The number of allylic oxidation sites excluding steroid dienone is 2. The van der Waals surface area contributed by atoms with Crippen LogP contribution in [0, 0.1) is 0 Å². The Morgan fingerprint density at radius 1 is 1.39 bits per heavy atom. The molecule has 1 aromatic carbocycles. The maximum Gasteiger partial charge on any atom is 0.235 e. The highest BCUT2D eigenvalue weighted by Gasteiger charge is 2.31. The van der Waals surface area contributed by atoms with Crippen molar-refractivity contribution in [1.82, 2.24) is 0 Å². The Hall–Kier alpha value is -1.48. The number of carbonyl (C=O) groups excluding carboxylic acids is 1. The quantitative estimate of drug-likeness (QED) is 0.475. The number of alkyl halides is 1. The van der Waals surface area contributed by atoms with Gasteiger partial charge in [-0.05, 0) is 38.0 Å². The summed E-state index contributed by atoms with van der Waals surface area (Å²) in [5, 5.41) is 0. The largest absolute Gasteiger partial charge is 0.493 e. The van der Waals surface area contributed by atoms with Crippen LogP contribution in [0.4, 0.5) is 0 Å². The monoisotopic (exact) mass is 266 g/mol. The molecule has 18 heavy (non-hydrogen) atoms. The minimum absolute atomic E-state index is 0.105. The summed E-state index contributed by atoms with van der Waals surface area (Å²) in [6.45, 7) is 4.21. The van der Waals surface area contributed by atoms with Crippen LogP contribution >= 0.6 is 11.6 Å². The molecular formula is C14H15ClO3. The van der Waals surface area contributed by atoms with Crippen LogP contribution in [0.1, 0.15) is 30.6 Å². The molecule has 0 bridgehead atoms. The van der Waals surface area contributed by atoms with Crippen LogP contribution in [-0.4, -0.2) is 18.3 Å². The van der Waals surface area contributed by atoms with Crippen molar-refractivity contribution < 1.29 is 14.3 Å². The molecule has 96 valence electrons. The lowest BCUT2D eigenvalue weighted by Gasteiger charge is -2.07. The fourth-order valence-corrected chi connectivity index (χ4v) is 1.88. The number of halogens is 1. The smallest absolute Gasteiger partial charge is 0.235 e. The molecule has 0 aromatic heterocycles. The fourth-order valence-electron chi connectivity index (χ4n) is 1.78. The molecule has 0 amide bonds. The van der Waals surface area contributed by atoms with Gasteiger partial charge in [-0.15, -0.1) is 11.6 Å². The second-order valence-corrected chi connectivity index (χ2v) is 4.66. The lowest BCUT2D eigenvalue weighted by Crippen LogP contribution is -2.04. The molecule has 0 saturated heterocycles. The van der Waals surface area contributed by atoms with Gasteiger partial charge in [-0.2, -0.15) is 0 Å². The Bertz CT molecular complexity index is 502. The number of ketones is 1. The summed E-state index contributed by atoms with van der Waals surface area (Å²) < 4.78 is 11.1.